The minimum absolute atomic E-state index is 0.765. The molecule has 0 amide bonds. The van der Waals surface area contributed by atoms with Gasteiger partial charge in [0.2, 0.25) is 0 Å². The van der Waals surface area contributed by atoms with Gasteiger partial charge in [-0.25, -0.2) is 4.98 Å². The van der Waals surface area contributed by atoms with Gasteiger partial charge >= 0.3 is 0 Å². The van der Waals surface area contributed by atoms with Crippen molar-refractivity contribution < 1.29 is 0 Å². The monoisotopic (exact) mass is 397 g/mol. The van der Waals surface area contributed by atoms with Crippen LogP contribution in [0.5, 0.6) is 0 Å². The van der Waals surface area contributed by atoms with Crippen molar-refractivity contribution in [2.75, 3.05) is 19.6 Å². The zero-order valence-electron chi connectivity index (χ0n) is 17.2. The van der Waals surface area contributed by atoms with E-state index < -0.39 is 0 Å². The van der Waals surface area contributed by atoms with Gasteiger partial charge in [-0.3, -0.25) is 0 Å². The summed E-state index contributed by atoms with van der Waals surface area (Å²) in [4.78, 5) is 7.54. The highest BCUT2D eigenvalue weighted by Crippen LogP contribution is 2.27. The Bertz CT molecular complexity index is 849. The van der Waals surface area contributed by atoms with Gasteiger partial charge in [0, 0.05) is 17.1 Å². The lowest BCUT2D eigenvalue weighted by atomic mass is 10.2. The van der Waals surface area contributed by atoms with Crippen molar-refractivity contribution in [3.8, 4) is 11.4 Å². The highest BCUT2D eigenvalue weighted by Gasteiger charge is 2.13. The Labute approximate surface area is 174 Å². The second-order valence-electron chi connectivity index (χ2n) is 7.49. The number of nitrogens with zero attached hydrogens (tertiary/aromatic N) is 3. The van der Waals surface area contributed by atoms with Crippen molar-refractivity contribution in [1.82, 2.24) is 14.5 Å². The Kier molecular flexibility index (Phi) is 7.93. The summed E-state index contributed by atoms with van der Waals surface area (Å²) < 4.78 is 2.34. The Morgan fingerprint density at radius 2 is 1.57 bits per heavy atom. The number of imidazole rings is 1. The van der Waals surface area contributed by atoms with Crippen molar-refractivity contribution >= 4 is 22.6 Å². The first-order valence-electron chi connectivity index (χ1n) is 10.7. The summed E-state index contributed by atoms with van der Waals surface area (Å²) >= 11 is 6.30. The van der Waals surface area contributed by atoms with Gasteiger partial charge < -0.3 is 9.47 Å². The predicted octanol–water partition coefficient (Wildman–Crippen LogP) is 6.65. The van der Waals surface area contributed by atoms with Gasteiger partial charge in [0.05, 0.1) is 11.0 Å². The van der Waals surface area contributed by atoms with Crippen molar-refractivity contribution in [1.29, 1.82) is 0 Å². The number of benzene rings is 2. The number of hydrogen-bond acceptors (Lipinski definition) is 2. The zero-order chi connectivity index (χ0) is 19.8. The van der Waals surface area contributed by atoms with Gasteiger partial charge in [-0.15, -0.1) is 0 Å². The van der Waals surface area contributed by atoms with E-state index in [1.165, 1.54) is 38.8 Å². The molecule has 3 rings (SSSR count). The van der Waals surface area contributed by atoms with Gasteiger partial charge in [-0.05, 0) is 57.1 Å². The molecular formula is C24H32ClN3. The molecule has 4 heteroatoms. The summed E-state index contributed by atoms with van der Waals surface area (Å²) in [6.07, 6.45) is 6.19. The highest BCUT2D eigenvalue weighted by molar-refractivity contribution is 6.31. The zero-order valence-corrected chi connectivity index (χ0v) is 18.0. The average molecular weight is 398 g/mol. The number of aromatic nitrogens is 2. The van der Waals surface area contributed by atoms with Crippen LogP contribution in [0.2, 0.25) is 5.02 Å². The fourth-order valence-corrected chi connectivity index (χ4v) is 3.85. The number of aryl methyl sites for hydroxylation is 1. The van der Waals surface area contributed by atoms with E-state index in [0.29, 0.717) is 0 Å². The first kappa shape index (κ1) is 20.9. The van der Waals surface area contributed by atoms with Crippen LogP contribution >= 0.6 is 11.6 Å². The number of halogens is 1. The lowest BCUT2D eigenvalue weighted by molar-refractivity contribution is 0.258. The average Bonchev–Trinajstić information content (AvgIpc) is 3.08. The second kappa shape index (κ2) is 10.6. The summed E-state index contributed by atoms with van der Waals surface area (Å²) in [7, 11) is 0. The molecule has 0 atom stereocenters. The molecule has 0 bridgehead atoms. The van der Waals surface area contributed by atoms with E-state index in [1.807, 2.05) is 24.3 Å². The van der Waals surface area contributed by atoms with Gasteiger partial charge in [-0.1, -0.05) is 68.6 Å². The molecule has 0 fully saturated rings. The fraction of sp³-hybridized carbons (Fsp3) is 0.458. The lowest BCUT2D eigenvalue weighted by Gasteiger charge is -2.22. The van der Waals surface area contributed by atoms with Crippen LogP contribution in [0.3, 0.4) is 0 Å². The van der Waals surface area contributed by atoms with Crippen molar-refractivity contribution in [3.05, 3.63) is 53.6 Å². The van der Waals surface area contributed by atoms with E-state index in [1.54, 1.807) is 0 Å². The molecule has 28 heavy (non-hydrogen) atoms. The molecule has 0 saturated carbocycles. The third-order valence-electron chi connectivity index (χ3n) is 5.25. The quantitative estimate of drug-likeness (QED) is 0.361. The predicted molar refractivity (Wildman–Crippen MR) is 121 cm³/mol. The van der Waals surface area contributed by atoms with Crippen LogP contribution in [-0.2, 0) is 6.54 Å². The fourth-order valence-electron chi connectivity index (χ4n) is 3.68. The van der Waals surface area contributed by atoms with E-state index in [4.69, 9.17) is 16.6 Å². The molecule has 1 heterocycles. The van der Waals surface area contributed by atoms with Crippen molar-refractivity contribution in [2.24, 2.45) is 0 Å². The number of fused-ring (bicyclic) bond motifs is 1. The van der Waals surface area contributed by atoms with Crippen molar-refractivity contribution in [2.45, 2.75) is 52.5 Å². The molecule has 150 valence electrons. The molecule has 1 aromatic heterocycles. The molecule has 2 aromatic carbocycles. The molecule has 0 aliphatic rings. The summed E-state index contributed by atoms with van der Waals surface area (Å²) in [6, 6.07) is 16.5. The Balaban J connectivity index is 1.79. The lowest BCUT2D eigenvalue weighted by Crippen LogP contribution is -2.28. The van der Waals surface area contributed by atoms with Crippen molar-refractivity contribution in [3.63, 3.8) is 0 Å². The van der Waals surface area contributed by atoms with Crippen LogP contribution < -0.4 is 0 Å². The molecule has 0 saturated heterocycles. The molecule has 0 N–H and O–H groups in total. The maximum absolute atomic E-state index is 6.30. The van der Waals surface area contributed by atoms with E-state index in [0.717, 1.165) is 47.0 Å². The number of unbranched alkanes of at least 4 members (excludes halogenated alkanes) is 2. The normalized spacial score (nSPS) is 11.6. The number of hydrogen-bond donors (Lipinski definition) is 0. The van der Waals surface area contributed by atoms with Gasteiger partial charge in [0.15, 0.2) is 0 Å². The third-order valence-corrected chi connectivity index (χ3v) is 5.49. The Hall–Kier alpha value is -1.84. The number of rotatable bonds is 11. The highest BCUT2D eigenvalue weighted by atomic mass is 35.5. The molecule has 0 aliphatic carbocycles. The standard InChI is InChI=1S/C24H32ClN3/c1-3-5-15-27(16-6-4-2)17-10-18-28-23-19-21(25)13-14-22(23)26-24(28)20-11-8-7-9-12-20/h7-9,11-14,19H,3-6,10,15-18H2,1-2H3. The van der Waals surface area contributed by atoms with E-state index in [-0.39, 0.29) is 0 Å². The first-order chi connectivity index (χ1) is 13.7. The second-order valence-corrected chi connectivity index (χ2v) is 7.92. The van der Waals surface area contributed by atoms with Crippen LogP contribution in [0.1, 0.15) is 46.0 Å². The SMILES string of the molecule is CCCCN(CCCC)CCCn1c(-c2ccccc2)nc2ccc(Cl)cc21. The maximum atomic E-state index is 6.30. The molecule has 0 spiro atoms. The Morgan fingerprint density at radius 1 is 0.893 bits per heavy atom. The molecular weight excluding hydrogens is 366 g/mol. The van der Waals surface area contributed by atoms with E-state index in [2.05, 4.69) is 47.6 Å². The minimum Gasteiger partial charge on any atom is -0.324 e. The Morgan fingerprint density at radius 3 is 2.25 bits per heavy atom. The van der Waals surface area contributed by atoms with Gasteiger partial charge in [0.25, 0.3) is 0 Å². The largest absolute Gasteiger partial charge is 0.324 e. The van der Waals surface area contributed by atoms with Crippen LogP contribution in [0.15, 0.2) is 48.5 Å². The van der Waals surface area contributed by atoms with Crippen LogP contribution in [0, 0.1) is 0 Å². The topological polar surface area (TPSA) is 21.1 Å². The molecule has 0 aliphatic heterocycles. The smallest absolute Gasteiger partial charge is 0.141 e. The van der Waals surface area contributed by atoms with Crippen LogP contribution in [0.4, 0.5) is 0 Å². The summed E-state index contributed by atoms with van der Waals surface area (Å²) in [5.74, 6) is 1.03. The van der Waals surface area contributed by atoms with E-state index in [9.17, 15) is 0 Å². The van der Waals surface area contributed by atoms with E-state index >= 15 is 0 Å². The molecule has 3 aromatic rings. The summed E-state index contributed by atoms with van der Waals surface area (Å²) in [6.45, 7) is 9.04. The molecule has 0 unspecified atom stereocenters. The third kappa shape index (κ3) is 5.36. The minimum atomic E-state index is 0.765. The maximum Gasteiger partial charge on any atom is 0.141 e. The first-order valence-corrected chi connectivity index (χ1v) is 11.0. The van der Waals surface area contributed by atoms with Crippen LogP contribution in [0.25, 0.3) is 22.4 Å². The van der Waals surface area contributed by atoms with Crippen LogP contribution in [-0.4, -0.2) is 34.1 Å². The summed E-state index contributed by atoms with van der Waals surface area (Å²) in [5.41, 5.74) is 3.29. The van der Waals surface area contributed by atoms with Gasteiger partial charge in [-0.2, -0.15) is 0 Å². The van der Waals surface area contributed by atoms with Gasteiger partial charge in [0.1, 0.15) is 5.82 Å². The summed E-state index contributed by atoms with van der Waals surface area (Å²) in [5, 5.41) is 0.765. The molecule has 0 radical (unpaired) electrons. The molecule has 3 nitrogen and oxygen atoms in total.